The molecule has 10 atom stereocenters. The predicted octanol–water partition coefficient (Wildman–Crippen LogP) is 2.18. The summed E-state index contributed by atoms with van der Waals surface area (Å²) < 4.78 is 30.6. The van der Waals surface area contributed by atoms with Crippen molar-refractivity contribution in [3.63, 3.8) is 0 Å². The SMILES string of the molecule is COC12CCC3(C)C(CC(OC(C)=O)C4C5(O)CC=C(C(C)O)C5(COC(C)=O)CC(OC(C)=O)C43O1)C2. The van der Waals surface area contributed by atoms with Gasteiger partial charge in [0.2, 0.25) is 0 Å². The van der Waals surface area contributed by atoms with Crippen LogP contribution in [0.5, 0.6) is 0 Å². The van der Waals surface area contributed by atoms with Gasteiger partial charge >= 0.3 is 17.9 Å². The molecule has 4 bridgehead atoms. The fourth-order valence-corrected chi connectivity index (χ4v) is 9.18. The zero-order valence-corrected chi connectivity index (χ0v) is 23.1. The second-order valence-electron chi connectivity index (χ2n) is 12.3. The molecule has 38 heavy (non-hydrogen) atoms. The van der Waals surface area contributed by atoms with Gasteiger partial charge in [-0.15, -0.1) is 0 Å². The van der Waals surface area contributed by atoms with Gasteiger partial charge in [-0.1, -0.05) is 13.0 Å². The van der Waals surface area contributed by atoms with Crippen molar-refractivity contribution in [2.75, 3.05) is 13.7 Å². The number of ether oxygens (including phenoxy) is 5. The summed E-state index contributed by atoms with van der Waals surface area (Å²) in [5.74, 6) is -3.35. The van der Waals surface area contributed by atoms with Gasteiger partial charge in [0.15, 0.2) is 5.79 Å². The molecule has 2 heterocycles. The molecular weight excluding hydrogens is 496 g/mol. The average Bonchev–Trinajstić information content (AvgIpc) is 3.10. The molecule has 2 saturated heterocycles. The largest absolute Gasteiger partial charge is 0.465 e. The third kappa shape index (κ3) is 3.42. The number of fused-ring (bicyclic) bond motifs is 3. The van der Waals surface area contributed by atoms with Crippen molar-refractivity contribution in [1.82, 2.24) is 0 Å². The Kier molecular flexibility index (Phi) is 6.34. The smallest absolute Gasteiger partial charge is 0.303 e. The van der Waals surface area contributed by atoms with Crippen molar-refractivity contribution < 1.29 is 48.3 Å². The van der Waals surface area contributed by atoms with Gasteiger partial charge in [0.05, 0.1) is 23.0 Å². The van der Waals surface area contributed by atoms with Gasteiger partial charge < -0.3 is 33.9 Å². The van der Waals surface area contributed by atoms with Crippen LogP contribution in [0.3, 0.4) is 0 Å². The minimum absolute atomic E-state index is 0.0128. The van der Waals surface area contributed by atoms with Gasteiger partial charge in [-0.2, -0.15) is 0 Å². The van der Waals surface area contributed by atoms with Crippen molar-refractivity contribution in [1.29, 1.82) is 0 Å². The highest BCUT2D eigenvalue weighted by molar-refractivity contribution is 5.67. The first-order valence-electron chi connectivity index (χ1n) is 13.5. The Balaban J connectivity index is 1.78. The van der Waals surface area contributed by atoms with E-state index in [1.165, 1.54) is 20.8 Å². The van der Waals surface area contributed by atoms with E-state index in [4.69, 9.17) is 23.7 Å². The first-order chi connectivity index (χ1) is 17.7. The highest BCUT2D eigenvalue weighted by atomic mass is 16.7. The van der Waals surface area contributed by atoms with Crippen molar-refractivity contribution >= 4 is 17.9 Å². The fraction of sp³-hybridized carbons (Fsp3) is 0.821. The van der Waals surface area contributed by atoms with E-state index in [1.54, 1.807) is 20.1 Å². The van der Waals surface area contributed by atoms with Gasteiger partial charge in [0.1, 0.15) is 24.4 Å². The summed E-state index contributed by atoms with van der Waals surface area (Å²) in [7, 11) is 1.60. The topological polar surface area (TPSA) is 138 Å². The summed E-state index contributed by atoms with van der Waals surface area (Å²) in [5, 5.41) is 23.8. The van der Waals surface area contributed by atoms with Gasteiger partial charge in [0.25, 0.3) is 0 Å². The number of aliphatic hydroxyl groups excluding tert-OH is 1. The van der Waals surface area contributed by atoms with Crippen LogP contribution in [-0.4, -0.2) is 77.1 Å². The lowest BCUT2D eigenvalue weighted by Gasteiger charge is -2.76. The zero-order chi connectivity index (χ0) is 27.9. The number of rotatable bonds is 6. The zero-order valence-electron chi connectivity index (χ0n) is 23.1. The monoisotopic (exact) mass is 536 g/mol. The number of hydrogen-bond acceptors (Lipinski definition) is 10. The molecular formula is C28H40O10. The van der Waals surface area contributed by atoms with Crippen LogP contribution in [0.1, 0.15) is 73.1 Å². The van der Waals surface area contributed by atoms with E-state index in [9.17, 15) is 24.6 Å². The summed E-state index contributed by atoms with van der Waals surface area (Å²) in [6.45, 7) is 7.42. The fourth-order valence-electron chi connectivity index (χ4n) is 9.18. The molecule has 0 aromatic heterocycles. The standard InChI is InChI=1S/C28H40O10/c1-15(29)20-7-8-27(33)23-21(36-17(3)31)11-19-12-26(34-6)10-9-24(19,5)28(23,38-26)22(37-18(4)32)13-25(20,27)14-35-16(2)30/h7,15,19,21-23,29,33H,8-14H2,1-6H3. The molecule has 0 aromatic carbocycles. The minimum atomic E-state index is -1.65. The molecule has 10 heteroatoms. The number of methoxy groups -OCH3 is 1. The summed E-state index contributed by atoms with van der Waals surface area (Å²) in [6.07, 6.45) is 1.73. The molecule has 0 radical (unpaired) electrons. The van der Waals surface area contributed by atoms with Crippen molar-refractivity contribution in [3.8, 4) is 0 Å². The van der Waals surface area contributed by atoms with E-state index >= 15 is 0 Å². The van der Waals surface area contributed by atoms with E-state index in [2.05, 4.69) is 6.92 Å². The van der Waals surface area contributed by atoms with E-state index in [-0.39, 0.29) is 25.4 Å². The molecule has 6 rings (SSSR count). The second kappa shape index (κ2) is 8.74. The van der Waals surface area contributed by atoms with Gasteiger partial charge in [-0.3, -0.25) is 14.4 Å². The predicted molar refractivity (Wildman–Crippen MR) is 131 cm³/mol. The van der Waals surface area contributed by atoms with Gasteiger partial charge in [0, 0.05) is 52.6 Å². The van der Waals surface area contributed by atoms with Gasteiger partial charge in [-0.05, 0) is 37.7 Å². The van der Waals surface area contributed by atoms with E-state index in [0.717, 1.165) is 0 Å². The highest BCUT2D eigenvalue weighted by Crippen LogP contribution is 2.75. The van der Waals surface area contributed by atoms with Crippen LogP contribution >= 0.6 is 0 Å². The van der Waals surface area contributed by atoms with E-state index in [1.807, 2.05) is 0 Å². The Bertz CT molecular complexity index is 1070. The highest BCUT2D eigenvalue weighted by Gasteiger charge is 2.84. The molecule has 6 aliphatic rings. The maximum Gasteiger partial charge on any atom is 0.303 e. The first-order valence-corrected chi connectivity index (χ1v) is 13.5. The summed E-state index contributed by atoms with van der Waals surface area (Å²) >= 11 is 0. The normalized spacial score (nSPS) is 47.3. The number of hydrogen-bond donors (Lipinski definition) is 2. The summed E-state index contributed by atoms with van der Waals surface area (Å²) in [4.78, 5) is 37.1. The molecule has 10 nitrogen and oxygen atoms in total. The summed E-state index contributed by atoms with van der Waals surface area (Å²) in [6, 6.07) is 0. The van der Waals surface area contributed by atoms with E-state index < -0.39 is 70.0 Å². The van der Waals surface area contributed by atoms with Crippen LogP contribution in [0.4, 0.5) is 0 Å². The van der Waals surface area contributed by atoms with Crippen molar-refractivity contribution in [2.24, 2.45) is 22.7 Å². The van der Waals surface area contributed by atoms with Crippen LogP contribution in [0.15, 0.2) is 11.6 Å². The van der Waals surface area contributed by atoms with Crippen LogP contribution in [0.25, 0.3) is 0 Å². The maximum absolute atomic E-state index is 12.9. The Morgan fingerprint density at radius 3 is 2.37 bits per heavy atom. The molecule has 4 aliphatic carbocycles. The second-order valence-corrected chi connectivity index (χ2v) is 12.3. The lowest BCUT2D eigenvalue weighted by atomic mass is 9.37. The Labute approximate surface area is 223 Å². The van der Waals surface area contributed by atoms with E-state index in [0.29, 0.717) is 31.3 Å². The Morgan fingerprint density at radius 2 is 1.79 bits per heavy atom. The van der Waals surface area contributed by atoms with Crippen LogP contribution in [-0.2, 0) is 38.1 Å². The quantitative estimate of drug-likeness (QED) is 0.295. The van der Waals surface area contributed by atoms with Gasteiger partial charge in [-0.25, -0.2) is 0 Å². The number of carbonyl (C=O) groups is 3. The lowest BCUT2D eigenvalue weighted by Crippen LogP contribution is -2.85. The minimum Gasteiger partial charge on any atom is -0.465 e. The molecule has 1 spiro atoms. The van der Waals surface area contributed by atoms with Crippen LogP contribution < -0.4 is 0 Å². The summed E-state index contributed by atoms with van der Waals surface area (Å²) in [5.41, 5.74) is -4.24. The molecule has 0 amide bonds. The molecule has 212 valence electrons. The number of esters is 3. The van der Waals surface area contributed by atoms with Crippen molar-refractivity contribution in [3.05, 3.63) is 11.6 Å². The number of carbonyl (C=O) groups excluding carboxylic acids is 3. The molecule has 10 unspecified atom stereocenters. The van der Waals surface area contributed by atoms with Crippen molar-refractivity contribution in [2.45, 2.75) is 108 Å². The number of aliphatic hydroxyl groups is 2. The molecule has 5 fully saturated rings. The van der Waals surface area contributed by atoms with Crippen LogP contribution in [0.2, 0.25) is 0 Å². The molecule has 2 N–H and O–H groups in total. The third-order valence-electron chi connectivity index (χ3n) is 10.6. The Hall–Kier alpha value is -2.01. The molecule has 2 aliphatic heterocycles. The third-order valence-corrected chi connectivity index (χ3v) is 10.6. The molecule has 3 saturated carbocycles. The maximum atomic E-state index is 12.9. The molecule has 0 aromatic rings. The Morgan fingerprint density at radius 1 is 1.11 bits per heavy atom. The lowest BCUT2D eigenvalue weighted by molar-refractivity contribution is -0.459. The van der Waals surface area contributed by atoms with Crippen LogP contribution in [0, 0.1) is 22.7 Å². The average molecular weight is 537 g/mol. The first kappa shape index (κ1) is 27.6.